The second-order valence-corrected chi connectivity index (χ2v) is 14.9. The summed E-state index contributed by atoms with van der Waals surface area (Å²) >= 11 is 0. The third kappa shape index (κ3) is 5.38. The van der Waals surface area contributed by atoms with E-state index in [1.165, 1.54) is 32.4 Å². The molecule has 0 N–H and O–H groups in total. The molecule has 12 rings (SSSR count). The Morgan fingerprint density at radius 2 is 0.763 bits per heavy atom. The van der Waals surface area contributed by atoms with Crippen LogP contribution in [0.3, 0.4) is 0 Å². The predicted octanol–water partition coefficient (Wildman–Crippen LogP) is 13.0. The van der Waals surface area contributed by atoms with Crippen LogP contribution in [0.5, 0.6) is 0 Å². The molecule has 0 unspecified atom stereocenters. The van der Waals surface area contributed by atoms with Gasteiger partial charge in [0, 0.05) is 66.9 Å². The van der Waals surface area contributed by atoms with E-state index in [0.717, 1.165) is 55.8 Å². The number of hydrogen-bond donors (Lipinski definition) is 0. The van der Waals surface area contributed by atoms with Gasteiger partial charge in [-0.3, -0.25) is 0 Å². The molecule has 0 amide bonds. The van der Waals surface area contributed by atoms with Crippen molar-refractivity contribution in [3.63, 3.8) is 0 Å². The number of aromatic nitrogens is 6. The SMILES string of the molecule is c1ccc(-c2nc(-c3ccccc3)nc(-c3cccc(-n4c5cc6c(ccn6-c6ccccc6)cc5c5cc6c7ccccc7n(-c7ccccc7)c6cc54)c3)n2)cc1. The molecule has 0 spiro atoms. The standard InChI is InChI=1S/C53H34N6/c1-5-16-35(17-6-1)51-54-52(36-18-7-2-8-19-36)56-53(55-51)38-20-15-25-41(30-38)59-48-33-47-37(28-29-57(47)39-21-9-3-10-22-39)31-43(48)45-32-44-42-26-13-14-27-46(42)58(49(44)34-50(45)59)40-23-11-4-12-24-40/h1-34H. The van der Waals surface area contributed by atoms with Crippen molar-refractivity contribution in [2.24, 2.45) is 0 Å². The van der Waals surface area contributed by atoms with Crippen molar-refractivity contribution in [1.82, 2.24) is 28.7 Å². The fourth-order valence-corrected chi connectivity index (χ4v) is 8.78. The van der Waals surface area contributed by atoms with Gasteiger partial charge in [0.1, 0.15) is 0 Å². The quantitative estimate of drug-likeness (QED) is 0.170. The fraction of sp³-hybridized carbons (Fsp3) is 0. The fourth-order valence-electron chi connectivity index (χ4n) is 8.78. The Bertz CT molecular complexity index is 3470. The van der Waals surface area contributed by atoms with Crippen LogP contribution in [0.25, 0.3) is 106 Å². The van der Waals surface area contributed by atoms with Gasteiger partial charge in [0.15, 0.2) is 17.5 Å². The summed E-state index contributed by atoms with van der Waals surface area (Å²) in [4.78, 5) is 15.2. The Morgan fingerprint density at radius 1 is 0.288 bits per heavy atom. The molecule has 12 aromatic rings. The molecule has 8 aromatic carbocycles. The highest BCUT2D eigenvalue weighted by molar-refractivity contribution is 6.20. The minimum absolute atomic E-state index is 0.618. The predicted molar refractivity (Wildman–Crippen MR) is 242 cm³/mol. The molecule has 0 aliphatic rings. The van der Waals surface area contributed by atoms with Gasteiger partial charge < -0.3 is 13.7 Å². The molecule has 0 saturated carbocycles. The molecule has 6 heteroatoms. The molecular formula is C53H34N6. The number of rotatable bonds is 6. The van der Waals surface area contributed by atoms with Crippen molar-refractivity contribution in [3.8, 4) is 51.2 Å². The van der Waals surface area contributed by atoms with Gasteiger partial charge in [0.25, 0.3) is 0 Å². The molecule has 276 valence electrons. The molecule has 0 saturated heterocycles. The van der Waals surface area contributed by atoms with Gasteiger partial charge in [0.05, 0.1) is 27.6 Å². The van der Waals surface area contributed by atoms with E-state index in [2.05, 4.69) is 159 Å². The topological polar surface area (TPSA) is 53.5 Å². The lowest BCUT2D eigenvalue weighted by Gasteiger charge is -2.12. The molecule has 59 heavy (non-hydrogen) atoms. The van der Waals surface area contributed by atoms with E-state index >= 15 is 0 Å². The first-order chi connectivity index (χ1) is 29.2. The summed E-state index contributed by atoms with van der Waals surface area (Å²) in [5.41, 5.74) is 11.8. The van der Waals surface area contributed by atoms with Gasteiger partial charge in [-0.25, -0.2) is 15.0 Å². The molecule has 0 fully saturated rings. The average molecular weight is 755 g/mol. The maximum absolute atomic E-state index is 5.10. The lowest BCUT2D eigenvalue weighted by atomic mass is 10.1. The first kappa shape index (κ1) is 33.1. The van der Waals surface area contributed by atoms with E-state index in [9.17, 15) is 0 Å². The van der Waals surface area contributed by atoms with Gasteiger partial charge in [-0.05, 0) is 72.8 Å². The molecule has 6 nitrogen and oxygen atoms in total. The number of fused-ring (bicyclic) bond motifs is 7. The van der Waals surface area contributed by atoms with Crippen molar-refractivity contribution in [3.05, 3.63) is 206 Å². The normalized spacial score (nSPS) is 11.7. The molecule has 4 aromatic heterocycles. The number of para-hydroxylation sites is 3. The lowest BCUT2D eigenvalue weighted by Crippen LogP contribution is -2.01. The van der Waals surface area contributed by atoms with Gasteiger partial charge in [0.2, 0.25) is 0 Å². The summed E-state index contributed by atoms with van der Waals surface area (Å²) in [5, 5.41) is 6.03. The molecule has 0 aliphatic carbocycles. The monoisotopic (exact) mass is 754 g/mol. The molecule has 0 radical (unpaired) electrons. The smallest absolute Gasteiger partial charge is 0.164 e. The van der Waals surface area contributed by atoms with Crippen LogP contribution in [-0.4, -0.2) is 28.7 Å². The highest BCUT2D eigenvalue weighted by atomic mass is 15.0. The summed E-state index contributed by atoms with van der Waals surface area (Å²) in [7, 11) is 0. The van der Waals surface area contributed by atoms with E-state index in [1.807, 2.05) is 60.7 Å². The third-order valence-electron chi connectivity index (χ3n) is 11.5. The second kappa shape index (κ2) is 13.3. The molecule has 4 heterocycles. The van der Waals surface area contributed by atoms with Crippen molar-refractivity contribution in [2.45, 2.75) is 0 Å². The van der Waals surface area contributed by atoms with E-state index in [0.29, 0.717) is 17.5 Å². The van der Waals surface area contributed by atoms with Crippen molar-refractivity contribution < 1.29 is 0 Å². The van der Waals surface area contributed by atoms with Crippen LogP contribution < -0.4 is 0 Å². The van der Waals surface area contributed by atoms with Gasteiger partial charge in [-0.15, -0.1) is 0 Å². The van der Waals surface area contributed by atoms with Crippen LogP contribution in [0.15, 0.2) is 206 Å². The zero-order chi connectivity index (χ0) is 38.9. The Kier molecular flexibility index (Phi) is 7.43. The van der Waals surface area contributed by atoms with E-state index in [-0.39, 0.29) is 0 Å². The summed E-state index contributed by atoms with van der Waals surface area (Å²) in [6, 6.07) is 70.6. The average Bonchev–Trinajstić information content (AvgIpc) is 3.98. The van der Waals surface area contributed by atoms with E-state index in [4.69, 9.17) is 15.0 Å². The second-order valence-electron chi connectivity index (χ2n) is 14.9. The van der Waals surface area contributed by atoms with Crippen LogP contribution in [-0.2, 0) is 0 Å². The van der Waals surface area contributed by atoms with Crippen LogP contribution >= 0.6 is 0 Å². The lowest BCUT2D eigenvalue weighted by molar-refractivity contribution is 1.07. The van der Waals surface area contributed by atoms with Gasteiger partial charge in [-0.2, -0.15) is 0 Å². The molecule has 0 aliphatic heterocycles. The van der Waals surface area contributed by atoms with Crippen LogP contribution in [0.1, 0.15) is 0 Å². The largest absolute Gasteiger partial charge is 0.316 e. The Morgan fingerprint density at radius 3 is 1.42 bits per heavy atom. The first-order valence-electron chi connectivity index (χ1n) is 19.9. The number of hydrogen-bond acceptors (Lipinski definition) is 3. The van der Waals surface area contributed by atoms with Crippen molar-refractivity contribution in [1.29, 1.82) is 0 Å². The minimum Gasteiger partial charge on any atom is -0.316 e. The third-order valence-corrected chi connectivity index (χ3v) is 11.5. The minimum atomic E-state index is 0.618. The molecular weight excluding hydrogens is 721 g/mol. The van der Waals surface area contributed by atoms with Crippen molar-refractivity contribution >= 4 is 54.5 Å². The number of nitrogens with zero attached hydrogens (tertiary/aromatic N) is 6. The Balaban J connectivity index is 1.15. The summed E-state index contributed by atoms with van der Waals surface area (Å²) < 4.78 is 7.09. The summed E-state index contributed by atoms with van der Waals surface area (Å²) in [6.07, 6.45) is 2.17. The van der Waals surface area contributed by atoms with Crippen LogP contribution in [0.4, 0.5) is 0 Å². The Labute approximate surface area is 339 Å². The summed E-state index contributed by atoms with van der Waals surface area (Å²) in [5.74, 6) is 1.89. The van der Waals surface area contributed by atoms with Gasteiger partial charge in [-0.1, -0.05) is 127 Å². The maximum Gasteiger partial charge on any atom is 0.164 e. The highest BCUT2D eigenvalue weighted by Gasteiger charge is 2.21. The molecule has 0 atom stereocenters. The van der Waals surface area contributed by atoms with E-state index < -0.39 is 0 Å². The zero-order valence-electron chi connectivity index (χ0n) is 31.8. The summed E-state index contributed by atoms with van der Waals surface area (Å²) in [6.45, 7) is 0. The Hall–Kier alpha value is -8.09. The zero-order valence-corrected chi connectivity index (χ0v) is 31.8. The van der Waals surface area contributed by atoms with Crippen LogP contribution in [0.2, 0.25) is 0 Å². The van der Waals surface area contributed by atoms with Crippen molar-refractivity contribution in [2.75, 3.05) is 0 Å². The number of benzene rings is 8. The van der Waals surface area contributed by atoms with Gasteiger partial charge >= 0.3 is 0 Å². The maximum atomic E-state index is 5.10. The highest BCUT2D eigenvalue weighted by Crippen LogP contribution is 2.41. The van der Waals surface area contributed by atoms with Crippen LogP contribution in [0, 0.1) is 0 Å². The first-order valence-corrected chi connectivity index (χ1v) is 19.9. The molecule has 0 bridgehead atoms. The van der Waals surface area contributed by atoms with E-state index in [1.54, 1.807) is 0 Å².